The van der Waals surface area contributed by atoms with Gasteiger partial charge in [0.2, 0.25) is 5.91 Å². The molecule has 1 fully saturated rings. The van der Waals surface area contributed by atoms with Gasteiger partial charge in [0.1, 0.15) is 11.8 Å². The van der Waals surface area contributed by atoms with Gasteiger partial charge in [-0.25, -0.2) is 4.79 Å². The lowest BCUT2D eigenvalue weighted by Gasteiger charge is -2.33. The molecule has 1 rings (SSSR count). The van der Waals surface area contributed by atoms with E-state index in [1.807, 2.05) is 0 Å². The zero-order valence-electron chi connectivity index (χ0n) is 8.90. The van der Waals surface area contributed by atoms with Crippen molar-refractivity contribution in [2.75, 3.05) is 6.54 Å². The lowest BCUT2D eigenvalue weighted by Crippen LogP contribution is -2.51. The highest BCUT2D eigenvalue weighted by Crippen LogP contribution is 2.17. The molecule has 5 nitrogen and oxygen atoms in total. The van der Waals surface area contributed by atoms with E-state index in [-0.39, 0.29) is 37.0 Å². The molecule has 0 aromatic heterocycles. The third kappa shape index (κ3) is 2.55. The highest BCUT2D eigenvalue weighted by Gasteiger charge is 2.35. The van der Waals surface area contributed by atoms with Crippen molar-refractivity contribution in [3.8, 4) is 0 Å². The van der Waals surface area contributed by atoms with Crippen molar-refractivity contribution in [2.24, 2.45) is 5.92 Å². The van der Waals surface area contributed by atoms with Crippen LogP contribution in [-0.4, -0.2) is 40.3 Å². The number of carbonyl (C=O) groups is 3. The minimum atomic E-state index is -1.10. The van der Waals surface area contributed by atoms with Gasteiger partial charge >= 0.3 is 5.97 Å². The highest BCUT2D eigenvalue weighted by molar-refractivity contribution is 5.92. The van der Waals surface area contributed by atoms with Crippen LogP contribution in [0.4, 0.5) is 0 Å². The van der Waals surface area contributed by atoms with Crippen LogP contribution in [0.25, 0.3) is 0 Å². The summed E-state index contributed by atoms with van der Waals surface area (Å²) >= 11 is 0. The molecule has 1 amide bonds. The van der Waals surface area contributed by atoms with Gasteiger partial charge in [-0.15, -0.1) is 0 Å². The van der Waals surface area contributed by atoms with Crippen LogP contribution in [0.15, 0.2) is 0 Å². The fraction of sp³-hybridized carbons (Fsp3) is 0.700. The first kappa shape index (κ1) is 11.7. The van der Waals surface area contributed by atoms with Gasteiger partial charge in [0.15, 0.2) is 0 Å². The summed E-state index contributed by atoms with van der Waals surface area (Å²) in [6, 6.07) is -0.971. The summed E-state index contributed by atoms with van der Waals surface area (Å²) in [6.45, 7) is 3.67. The van der Waals surface area contributed by atoms with Crippen LogP contribution in [0.3, 0.4) is 0 Å². The maximum absolute atomic E-state index is 11.7. The van der Waals surface area contributed by atoms with Gasteiger partial charge in [-0.05, 0) is 0 Å². The Kier molecular flexibility index (Phi) is 3.44. The van der Waals surface area contributed by atoms with Crippen LogP contribution < -0.4 is 0 Å². The lowest BCUT2D eigenvalue weighted by atomic mass is 9.99. The van der Waals surface area contributed by atoms with Gasteiger partial charge in [0.05, 0.1) is 0 Å². The van der Waals surface area contributed by atoms with Crippen molar-refractivity contribution in [3.63, 3.8) is 0 Å². The third-order valence-corrected chi connectivity index (χ3v) is 2.49. The normalized spacial score (nSPS) is 21.9. The van der Waals surface area contributed by atoms with Crippen LogP contribution in [0.5, 0.6) is 0 Å². The maximum atomic E-state index is 11.7. The lowest BCUT2D eigenvalue weighted by molar-refractivity contribution is -0.155. The first-order valence-electron chi connectivity index (χ1n) is 4.98. The molecule has 15 heavy (non-hydrogen) atoms. The predicted octanol–water partition coefficient (Wildman–Crippen LogP) is 0.287. The Bertz CT molecular complexity index is 298. The van der Waals surface area contributed by atoms with Crippen LogP contribution >= 0.6 is 0 Å². The number of amides is 1. The zero-order chi connectivity index (χ0) is 11.6. The average Bonchev–Trinajstić information content (AvgIpc) is 2.16. The second-order valence-electron chi connectivity index (χ2n) is 4.03. The van der Waals surface area contributed by atoms with E-state index in [9.17, 15) is 14.4 Å². The molecular weight excluding hydrogens is 198 g/mol. The standard InChI is InChI=1S/C10H15NO4/c1-6(2)9(13)11-4-3-7(12)5-8(11)10(14)15/h6,8H,3-5H2,1-2H3,(H,14,15). The second-order valence-corrected chi connectivity index (χ2v) is 4.03. The number of hydrogen-bond acceptors (Lipinski definition) is 3. The van der Waals surface area contributed by atoms with Crippen LogP contribution in [0.1, 0.15) is 26.7 Å². The fourth-order valence-electron chi connectivity index (χ4n) is 1.64. The second kappa shape index (κ2) is 4.42. The summed E-state index contributed by atoms with van der Waals surface area (Å²) in [6.07, 6.45) is 0.204. The highest BCUT2D eigenvalue weighted by atomic mass is 16.4. The van der Waals surface area contributed by atoms with Crippen molar-refractivity contribution in [1.29, 1.82) is 0 Å². The predicted molar refractivity (Wildman–Crippen MR) is 52.2 cm³/mol. The van der Waals surface area contributed by atoms with Crippen molar-refractivity contribution < 1.29 is 19.5 Å². The van der Waals surface area contributed by atoms with E-state index >= 15 is 0 Å². The number of carbonyl (C=O) groups excluding carboxylic acids is 2. The fourth-order valence-corrected chi connectivity index (χ4v) is 1.64. The minimum Gasteiger partial charge on any atom is -0.480 e. The SMILES string of the molecule is CC(C)C(=O)N1CCC(=O)CC1C(=O)O. The molecule has 0 bridgehead atoms. The molecule has 0 spiro atoms. The number of rotatable bonds is 2. The number of carboxylic acid groups (broad SMARTS) is 1. The minimum absolute atomic E-state index is 0.0617. The van der Waals surface area contributed by atoms with Gasteiger partial charge in [0.25, 0.3) is 0 Å². The smallest absolute Gasteiger partial charge is 0.326 e. The van der Waals surface area contributed by atoms with Crippen molar-refractivity contribution in [3.05, 3.63) is 0 Å². The molecule has 1 aliphatic heterocycles. The average molecular weight is 213 g/mol. The van der Waals surface area contributed by atoms with E-state index in [1.54, 1.807) is 13.8 Å². The van der Waals surface area contributed by atoms with Gasteiger partial charge in [-0.1, -0.05) is 13.8 Å². The molecule has 1 heterocycles. The Morgan fingerprint density at radius 2 is 2.07 bits per heavy atom. The van der Waals surface area contributed by atoms with Crippen molar-refractivity contribution in [2.45, 2.75) is 32.7 Å². The molecule has 1 unspecified atom stereocenters. The molecule has 0 saturated carbocycles. The van der Waals surface area contributed by atoms with Crippen LogP contribution in [0, 0.1) is 5.92 Å². The van der Waals surface area contributed by atoms with E-state index in [2.05, 4.69) is 0 Å². The van der Waals surface area contributed by atoms with Gasteiger partial charge < -0.3 is 10.0 Å². The maximum Gasteiger partial charge on any atom is 0.326 e. The van der Waals surface area contributed by atoms with E-state index in [0.717, 1.165) is 0 Å². The van der Waals surface area contributed by atoms with Crippen molar-refractivity contribution in [1.82, 2.24) is 4.90 Å². The molecule has 5 heteroatoms. The quantitative estimate of drug-likeness (QED) is 0.715. The Morgan fingerprint density at radius 1 is 1.47 bits per heavy atom. The molecule has 0 aliphatic carbocycles. The monoisotopic (exact) mass is 213 g/mol. The summed E-state index contributed by atoms with van der Waals surface area (Å²) in [4.78, 5) is 35.0. The Hall–Kier alpha value is -1.39. The number of nitrogens with zero attached hydrogens (tertiary/aromatic N) is 1. The summed E-state index contributed by atoms with van der Waals surface area (Å²) < 4.78 is 0. The molecule has 1 aliphatic rings. The number of likely N-dealkylation sites (tertiary alicyclic amines) is 1. The first-order valence-corrected chi connectivity index (χ1v) is 4.98. The molecular formula is C10H15NO4. The number of ketones is 1. The van der Waals surface area contributed by atoms with E-state index < -0.39 is 12.0 Å². The molecule has 1 N–H and O–H groups in total. The zero-order valence-corrected chi connectivity index (χ0v) is 8.90. The molecule has 1 saturated heterocycles. The van der Waals surface area contributed by atoms with E-state index in [1.165, 1.54) is 4.90 Å². The van der Waals surface area contributed by atoms with Gasteiger partial charge in [0, 0.05) is 25.3 Å². The van der Waals surface area contributed by atoms with Gasteiger partial charge in [-0.3, -0.25) is 9.59 Å². The van der Waals surface area contributed by atoms with Crippen molar-refractivity contribution >= 4 is 17.7 Å². The topological polar surface area (TPSA) is 74.7 Å². The molecule has 0 aromatic rings. The number of carboxylic acids is 1. The largest absolute Gasteiger partial charge is 0.480 e. The summed E-state index contributed by atoms with van der Waals surface area (Å²) in [5.41, 5.74) is 0. The summed E-state index contributed by atoms with van der Waals surface area (Å²) in [7, 11) is 0. The number of aliphatic carboxylic acids is 1. The Morgan fingerprint density at radius 3 is 2.53 bits per heavy atom. The Labute approximate surface area is 88.1 Å². The van der Waals surface area contributed by atoms with Crippen LogP contribution in [0.2, 0.25) is 0 Å². The molecule has 1 atom stereocenters. The van der Waals surface area contributed by atoms with E-state index in [4.69, 9.17) is 5.11 Å². The van der Waals surface area contributed by atoms with Crippen LogP contribution in [-0.2, 0) is 14.4 Å². The summed E-state index contributed by atoms with van der Waals surface area (Å²) in [5, 5.41) is 8.91. The summed E-state index contributed by atoms with van der Waals surface area (Å²) in [5.74, 6) is -1.62. The first-order chi connectivity index (χ1) is 6.93. The Balaban J connectivity index is 2.81. The molecule has 84 valence electrons. The number of hydrogen-bond donors (Lipinski definition) is 1. The van der Waals surface area contributed by atoms with Gasteiger partial charge in [-0.2, -0.15) is 0 Å². The number of piperidine rings is 1. The third-order valence-electron chi connectivity index (χ3n) is 2.49. The van der Waals surface area contributed by atoms with E-state index in [0.29, 0.717) is 0 Å². The number of Topliss-reactive ketones (excluding diaryl/α,β-unsaturated/α-hetero) is 1. The molecule has 0 radical (unpaired) electrons. The molecule has 0 aromatic carbocycles.